The minimum Gasteiger partial charge on any atom is -0.321 e. The molecule has 0 atom stereocenters. The summed E-state index contributed by atoms with van der Waals surface area (Å²) in [5.41, 5.74) is 0.897. The Morgan fingerprint density at radius 2 is 2.29 bits per heavy atom. The van der Waals surface area contributed by atoms with Gasteiger partial charge in [0.2, 0.25) is 0 Å². The van der Waals surface area contributed by atoms with Crippen molar-refractivity contribution >= 4 is 11.8 Å². The summed E-state index contributed by atoms with van der Waals surface area (Å²) in [6.45, 7) is 8.54. The number of likely N-dealkylation sites (N-methyl/N-ethyl adjacent to an activating group) is 1. The third kappa shape index (κ3) is 4.22. The Balaban J connectivity index is 2.63. The number of carbonyl (C=O) groups excluding carboxylic acids is 1. The van der Waals surface area contributed by atoms with E-state index in [4.69, 9.17) is 0 Å². The summed E-state index contributed by atoms with van der Waals surface area (Å²) >= 11 is 0. The van der Waals surface area contributed by atoms with E-state index in [1.54, 1.807) is 4.90 Å². The van der Waals surface area contributed by atoms with Crippen molar-refractivity contribution in [3.63, 3.8) is 0 Å². The first-order valence-electron chi connectivity index (χ1n) is 5.34. The van der Waals surface area contributed by atoms with E-state index in [1.165, 1.54) is 12.1 Å². The molecule has 1 N–H and O–H groups in total. The maximum Gasteiger partial charge on any atom is 0.323 e. The van der Waals surface area contributed by atoms with Crippen LogP contribution in [0.4, 0.5) is 15.0 Å². The highest BCUT2D eigenvalue weighted by atomic mass is 19.1. The molecule has 92 valence electrons. The van der Waals surface area contributed by atoms with Crippen LogP contribution >= 0.6 is 0 Å². The van der Waals surface area contributed by atoms with Gasteiger partial charge in [-0.1, -0.05) is 12.2 Å². The number of rotatable bonds is 4. The number of halogens is 1. The van der Waals surface area contributed by atoms with Gasteiger partial charge in [0, 0.05) is 13.1 Å². The van der Waals surface area contributed by atoms with Crippen LogP contribution in [0.25, 0.3) is 0 Å². The van der Waals surface area contributed by atoms with Gasteiger partial charge in [-0.15, -0.1) is 0 Å². The minimum atomic E-state index is -0.433. The van der Waals surface area contributed by atoms with Gasteiger partial charge >= 0.3 is 6.03 Å². The summed E-state index contributed by atoms with van der Waals surface area (Å²) in [5.74, 6) is -0.103. The lowest BCUT2D eigenvalue weighted by atomic mass is 10.3. The Hall–Kier alpha value is -1.91. The van der Waals surface area contributed by atoms with E-state index in [-0.39, 0.29) is 6.03 Å². The fraction of sp³-hybridized carbons (Fsp3) is 0.333. The zero-order valence-corrected chi connectivity index (χ0v) is 10.0. The lowest BCUT2D eigenvalue weighted by Crippen LogP contribution is -2.36. The van der Waals surface area contributed by atoms with Gasteiger partial charge in [-0.3, -0.25) is 5.32 Å². The van der Waals surface area contributed by atoms with Crippen molar-refractivity contribution in [2.75, 3.05) is 18.4 Å². The summed E-state index contributed by atoms with van der Waals surface area (Å²) in [7, 11) is 0. The Bertz CT molecular complexity index is 403. The molecule has 1 aromatic rings. The van der Waals surface area contributed by atoms with Crippen molar-refractivity contribution in [1.29, 1.82) is 0 Å². The van der Waals surface area contributed by atoms with Crippen molar-refractivity contribution in [1.82, 2.24) is 9.88 Å². The van der Waals surface area contributed by atoms with Gasteiger partial charge in [0.05, 0.1) is 6.20 Å². The molecule has 0 saturated heterocycles. The van der Waals surface area contributed by atoms with Crippen LogP contribution in [-0.4, -0.2) is 29.0 Å². The standard InChI is InChI=1S/C12H16FN3O/c1-4-16(8-9(2)3)12(17)15-11-6-5-10(13)7-14-11/h5-7H,2,4,8H2,1,3H3,(H,14,15,17). The van der Waals surface area contributed by atoms with E-state index in [0.717, 1.165) is 11.8 Å². The van der Waals surface area contributed by atoms with Gasteiger partial charge < -0.3 is 4.90 Å². The second kappa shape index (κ2) is 5.98. The second-order valence-electron chi connectivity index (χ2n) is 3.76. The van der Waals surface area contributed by atoms with Gasteiger partial charge in [-0.25, -0.2) is 14.2 Å². The summed E-state index contributed by atoms with van der Waals surface area (Å²) in [5, 5.41) is 2.59. The summed E-state index contributed by atoms with van der Waals surface area (Å²) in [6, 6.07) is 2.40. The Labute approximate surface area is 100 Å². The first-order chi connectivity index (χ1) is 8.02. The minimum absolute atomic E-state index is 0.269. The molecular formula is C12H16FN3O. The number of hydrogen-bond donors (Lipinski definition) is 1. The third-order valence-electron chi connectivity index (χ3n) is 2.09. The molecule has 1 heterocycles. The third-order valence-corrected chi connectivity index (χ3v) is 2.09. The molecule has 17 heavy (non-hydrogen) atoms. The van der Waals surface area contributed by atoms with Crippen molar-refractivity contribution < 1.29 is 9.18 Å². The average molecular weight is 237 g/mol. The van der Waals surface area contributed by atoms with Crippen molar-refractivity contribution in [2.24, 2.45) is 0 Å². The molecule has 0 unspecified atom stereocenters. The zero-order chi connectivity index (χ0) is 12.8. The molecule has 0 bridgehead atoms. The molecule has 0 aromatic carbocycles. The van der Waals surface area contributed by atoms with E-state index in [1.807, 2.05) is 13.8 Å². The first-order valence-corrected chi connectivity index (χ1v) is 5.34. The van der Waals surface area contributed by atoms with Crippen LogP contribution in [0.2, 0.25) is 0 Å². The quantitative estimate of drug-likeness (QED) is 0.818. The van der Waals surface area contributed by atoms with Crippen molar-refractivity contribution in [3.8, 4) is 0 Å². The smallest absolute Gasteiger partial charge is 0.321 e. The molecule has 0 aliphatic carbocycles. The maximum absolute atomic E-state index is 12.6. The monoisotopic (exact) mass is 237 g/mol. The molecule has 0 fully saturated rings. The number of nitrogens with one attached hydrogen (secondary N) is 1. The molecule has 0 aliphatic rings. The second-order valence-corrected chi connectivity index (χ2v) is 3.76. The largest absolute Gasteiger partial charge is 0.323 e. The van der Waals surface area contributed by atoms with Crippen LogP contribution < -0.4 is 5.32 Å². The van der Waals surface area contributed by atoms with Gasteiger partial charge in [0.25, 0.3) is 0 Å². The highest BCUT2D eigenvalue weighted by Gasteiger charge is 2.11. The molecule has 2 amide bonds. The van der Waals surface area contributed by atoms with Crippen molar-refractivity contribution in [3.05, 3.63) is 36.3 Å². The maximum atomic E-state index is 12.6. The van der Waals surface area contributed by atoms with Gasteiger partial charge in [-0.2, -0.15) is 0 Å². The van der Waals surface area contributed by atoms with Gasteiger partial charge in [0.15, 0.2) is 0 Å². The molecule has 0 spiro atoms. The Morgan fingerprint density at radius 1 is 1.59 bits per heavy atom. The SMILES string of the molecule is C=C(C)CN(CC)C(=O)Nc1ccc(F)cn1. The predicted molar refractivity (Wildman–Crippen MR) is 65.3 cm³/mol. The molecule has 0 saturated carbocycles. The van der Waals surface area contributed by atoms with E-state index in [0.29, 0.717) is 18.9 Å². The number of nitrogens with zero attached hydrogens (tertiary/aromatic N) is 2. The lowest BCUT2D eigenvalue weighted by molar-refractivity contribution is 0.218. The Morgan fingerprint density at radius 3 is 2.76 bits per heavy atom. The molecule has 0 aliphatic heterocycles. The molecule has 4 nitrogen and oxygen atoms in total. The van der Waals surface area contributed by atoms with E-state index >= 15 is 0 Å². The molecule has 1 aromatic heterocycles. The van der Waals surface area contributed by atoms with Crippen LogP contribution in [0.1, 0.15) is 13.8 Å². The number of urea groups is 1. The van der Waals surface area contributed by atoms with Gasteiger partial charge in [-0.05, 0) is 26.0 Å². The van der Waals surface area contributed by atoms with E-state index < -0.39 is 5.82 Å². The van der Waals surface area contributed by atoms with Crippen LogP contribution in [0.15, 0.2) is 30.5 Å². The van der Waals surface area contributed by atoms with Crippen LogP contribution in [0, 0.1) is 5.82 Å². The Kier molecular flexibility index (Phi) is 4.63. The number of amides is 2. The van der Waals surface area contributed by atoms with Crippen LogP contribution in [-0.2, 0) is 0 Å². The number of pyridine rings is 1. The highest BCUT2D eigenvalue weighted by Crippen LogP contribution is 2.06. The summed E-state index contributed by atoms with van der Waals surface area (Å²) < 4.78 is 12.6. The zero-order valence-electron chi connectivity index (χ0n) is 10.0. The first kappa shape index (κ1) is 13.2. The topological polar surface area (TPSA) is 45.2 Å². The molecular weight excluding hydrogens is 221 g/mol. The average Bonchev–Trinajstić information content (AvgIpc) is 2.28. The number of aromatic nitrogens is 1. The fourth-order valence-electron chi connectivity index (χ4n) is 1.29. The number of hydrogen-bond acceptors (Lipinski definition) is 2. The summed E-state index contributed by atoms with van der Waals surface area (Å²) in [6.07, 6.45) is 1.06. The number of anilines is 1. The summed E-state index contributed by atoms with van der Waals surface area (Å²) in [4.78, 5) is 17.2. The van der Waals surface area contributed by atoms with Crippen LogP contribution in [0.5, 0.6) is 0 Å². The van der Waals surface area contributed by atoms with Crippen LogP contribution in [0.3, 0.4) is 0 Å². The van der Waals surface area contributed by atoms with Crippen molar-refractivity contribution in [2.45, 2.75) is 13.8 Å². The molecule has 0 radical (unpaired) electrons. The van der Waals surface area contributed by atoms with E-state index in [9.17, 15) is 9.18 Å². The lowest BCUT2D eigenvalue weighted by Gasteiger charge is -2.21. The number of carbonyl (C=O) groups is 1. The fourth-order valence-corrected chi connectivity index (χ4v) is 1.29. The highest BCUT2D eigenvalue weighted by molar-refractivity contribution is 5.88. The molecule has 5 heteroatoms. The normalized spacial score (nSPS) is 9.82. The van der Waals surface area contributed by atoms with Gasteiger partial charge in [0.1, 0.15) is 11.6 Å². The van der Waals surface area contributed by atoms with E-state index in [2.05, 4.69) is 16.9 Å². The predicted octanol–water partition coefficient (Wildman–Crippen LogP) is 2.65. The molecule has 1 rings (SSSR count).